The molecule has 1 aromatic rings. The fourth-order valence-electron chi connectivity index (χ4n) is 1.72. The van der Waals surface area contributed by atoms with Crippen molar-refractivity contribution in [2.75, 3.05) is 12.4 Å². The number of methoxy groups -OCH3 is 1. The van der Waals surface area contributed by atoms with Gasteiger partial charge in [-0.2, -0.15) is 5.26 Å². The van der Waals surface area contributed by atoms with E-state index in [4.69, 9.17) is 10.00 Å². The molecule has 0 spiro atoms. The number of carbonyl (C=O) groups excluding carboxylic acids is 1. The predicted octanol–water partition coefficient (Wildman–Crippen LogP) is 2.82. The molecule has 0 aromatic heterocycles. The van der Waals surface area contributed by atoms with Gasteiger partial charge in [-0.3, -0.25) is 0 Å². The highest BCUT2D eigenvalue weighted by Crippen LogP contribution is 2.21. The summed E-state index contributed by atoms with van der Waals surface area (Å²) in [6.07, 6.45) is 1.04. The van der Waals surface area contributed by atoms with Gasteiger partial charge in [-0.15, -0.1) is 0 Å². The van der Waals surface area contributed by atoms with Crippen LogP contribution in [0.1, 0.15) is 25.3 Å². The normalized spacial score (nSPS) is 11.3. The van der Waals surface area contributed by atoms with E-state index in [1.165, 1.54) is 0 Å². The molecule has 1 aromatic carbocycles. The number of urea groups is 1. The Kier molecular flexibility index (Phi) is 5.68. The first-order chi connectivity index (χ1) is 9.10. The summed E-state index contributed by atoms with van der Waals surface area (Å²) in [6.45, 7) is 3.84. The van der Waals surface area contributed by atoms with Gasteiger partial charge in [0.15, 0.2) is 0 Å². The number of benzene rings is 1. The maximum atomic E-state index is 11.8. The smallest absolute Gasteiger partial charge is 0.319 e. The predicted molar refractivity (Wildman–Crippen MR) is 74.2 cm³/mol. The van der Waals surface area contributed by atoms with E-state index in [1.54, 1.807) is 19.2 Å². The number of nitrogens with one attached hydrogen (secondary N) is 2. The minimum absolute atomic E-state index is 0.121. The van der Waals surface area contributed by atoms with E-state index < -0.39 is 0 Å². The first-order valence-corrected chi connectivity index (χ1v) is 6.19. The number of carbonyl (C=O) groups is 1. The molecule has 0 aliphatic rings. The fourth-order valence-corrected chi connectivity index (χ4v) is 1.72. The van der Waals surface area contributed by atoms with Crippen LogP contribution in [0.4, 0.5) is 10.5 Å². The lowest BCUT2D eigenvalue weighted by atomic mass is 10.2. The molecule has 0 bridgehead atoms. The third kappa shape index (κ3) is 4.51. The summed E-state index contributed by atoms with van der Waals surface area (Å²) in [4.78, 5) is 11.8. The monoisotopic (exact) mass is 261 g/mol. The van der Waals surface area contributed by atoms with Crippen molar-refractivity contribution in [2.24, 2.45) is 0 Å². The van der Waals surface area contributed by atoms with E-state index in [1.807, 2.05) is 19.9 Å². The first-order valence-electron chi connectivity index (χ1n) is 6.19. The van der Waals surface area contributed by atoms with Gasteiger partial charge < -0.3 is 15.4 Å². The highest BCUT2D eigenvalue weighted by Gasteiger charge is 2.10. The van der Waals surface area contributed by atoms with E-state index in [-0.39, 0.29) is 12.1 Å². The number of hydrogen-bond acceptors (Lipinski definition) is 3. The molecule has 1 atom stereocenters. The Labute approximate surface area is 113 Å². The largest absolute Gasteiger partial charge is 0.496 e. The SMILES string of the molecule is CC[C@H](CC#N)NC(=O)Nc1ccc(OC)c(C)c1. The summed E-state index contributed by atoms with van der Waals surface area (Å²) in [6, 6.07) is 7.05. The van der Waals surface area contributed by atoms with Crippen LogP contribution in [-0.4, -0.2) is 19.2 Å². The Morgan fingerprint density at radius 3 is 2.79 bits per heavy atom. The number of amides is 2. The highest BCUT2D eigenvalue weighted by atomic mass is 16.5. The Morgan fingerprint density at radius 2 is 2.26 bits per heavy atom. The topological polar surface area (TPSA) is 74.2 Å². The Bertz CT molecular complexity index is 480. The van der Waals surface area contributed by atoms with Gasteiger partial charge in [0.2, 0.25) is 0 Å². The van der Waals surface area contributed by atoms with E-state index in [0.29, 0.717) is 12.1 Å². The van der Waals surface area contributed by atoms with Crippen LogP contribution in [0.5, 0.6) is 5.75 Å². The van der Waals surface area contributed by atoms with Crippen molar-refractivity contribution in [3.63, 3.8) is 0 Å². The molecule has 19 heavy (non-hydrogen) atoms. The minimum atomic E-state index is -0.299. The molecule has 0 aliphatic carbocycles. The average molecular weight is 261 g/mol. The summed E-state index contributed by atoms with van der Waals surface area (Å²) in [5.41, 5.74) is 1.65. The third-order valence-electron chi connectivity index (χ3n) is 2.82. The van der Waals surface area contributed by atoms with Crippen LogP contribution >= 0.6 is 0 Å². The van der Waals surface area contributed by atoms with Crippen LogP contribution < -0.4 is 15.4 Å². The van der Waals surface area contributed by atoms with Crippen LogP contribution in [0.2, 0.25) is 0 Å². The molecule has 0 aliphatic heterocycles. The van der Waals surface area contributed by atoms with Crippen molar-refractivity contribution < 1.29 is 9.53 Å². The summed E-state index contributed by atoms with van der Waals surface area (Å²) in [7, 11) is 1.61. The van der Waals surface area contributed by atoms with Gasteiger partial charge in [-0.25, -0.2) is 4.79 Å². The second-order valence-electron chi connectivity index (χ2n) is 4.25. The van der Waals surface area contributed by atoms with Crippen LogP contribution in [0.3, 0.4) is 0 Å². The number of anilines is 1. The van der Waals surface area contributed by atoms with Gasteiger partial charge in [0.1, 0.15) is 5.75 Å². The number of nitriles is 1. The average Bonchev–Trinajstić information content (AvgIpc) is 2.38. The molecule has 0 unspecified atom stereocenters. The van der Waals surface area contributed by atoms with Gasteiger partial charge in [-0.1, -0.05) is 6.92 Å². The maximum absolute atomic E-state index is 11.8. The molecule has 0 saturated carbocycles. The van der Waals surface area contributed by atoms with Crippen molar-refractivity contribution in [3.05, 3.63) is 23.8 Å². The molecule has 0 fully saturated rings. The van der Waals surface area contributed by atoms with Gasteiger partial charge in [0, 0.05) is 11.7 Å². The molecular weight excluding hydrogens is 242 g/mol. The number of ether oxygens (including phenoxy) is 1. The van der Waals surface area contributed by atoms with Crippen molar-refractivity contribution in [3.8, 4) is 11.8 Å². The summed E-state index contributed by atoms with van der Waals surface area (Å²) < 4.78 is 5.15. The number of nitrogens with zero attached hydrogens (tertiary/aromatic N) is 1. The molecule has 0 heterocycles. The van der Waals surface area contributed by atoms with Crippen LogP contribution in [0.15, 0.2) is 18.2 Å². The summed E-state index contributed by atoms with van der Waals surface area (Å²) >= 11 is 0. The molecule has 102 valence electrons. The van der Waals surface area contributed by atoms with Crippen molar-refractivity contribution in [1.29, 1.82) is 5.26 Å². The third-order valence-corrected chi connectivity index (χ3v) is 2.82. The Balaban J connectivity index is 2.62. The van der Waals surface area contributed by atoms with Crippen molar-refractivity contribution in [1.82, 2.24) is 5.32 Å². The standard InChI is InChI=1S/C14H19N3O2/c1-4-11(7-8-15)16-14(18)17-12-5-6-13(19-3)10(2)9-12/h5-6,9,11H,4,7H2,1-3H3,(H2,16,17,18)/t11-/m1/s1. The fraction of sp³-hybridized carbons (Fsp3) is 0.429. The molecule has 2 N–H and O–H groups in total. The molecule has 0 saturated heterocycles. The van der Waals surface area contributed by atoms with Gasteiger partial charge in [0.25, 0.3) is 0 Å². The molecular formula is C14H19N3O2. The number of rotatable bonds is 5. The lowest BCUT2D eigenvalue weighted by molar-refractivity contribution is 0.248. The first kappa shape index (κ1) is 14.8. The Hall–Kier alpha value is -2.22. The zero-order valence-electron chi connectivity index (χ0n) is 11.5. The highest BCUT2D eigenvalue weighted by molar-refractivity contribution is 5.89. The van der Waals surface area contributed by atoms with Gasteiger partial charge >= 0.3 is 6.03 Å². The zero-order chi connectivity index (χ0) is 14.3. The van der Waals surface area contributed by atoms with E-state index in [0.717, 1.165) is 17.7 Å². The molecule has 2 amide bonds. The summed E-state index contributed by atoms with van der Waals surface area (Å²) in [5, 5.41) is 14.1. The molecule has 0 radical (unpaired) electrons. The molecule has 5 heteroatoms. The lowest BCUT2D eigenvalue weighted by Crippen LogP contribution is -2.37. The van der Waals surface area contributed by atoms with Crippen molar-refractivity contribution in [2.45, 2.75) is 32.7 Å². The summed E-state index contributed by atoms with van der Waals surface area (Å²) in [5.74, 6) is 0.780. The lowest BCUT2D eigenvalue weighted by Gasteiger charge is -2.15. The molecule has 1 rings (SSSR count). The second-order valence-corrected chi connectivity index (χ2v) is 4.25. The van der Waals surface area contributed by atoms with Crippen LogP contribution in [0, 0.1) is 18.3 Å². The van der Waals surface area contributed by atoms with Crippen molar-refractivity contribution >= 4 is 11.7 Å². The van der Waals surface area contributed by atoms with Gasteiger partial charge in [0.05, 0.1) is 19.6 Å². The Morgan fingerprint density at radius 1 is 1.53 bits per heavy atom. The van der Waals surface area contributed by atoms with Gasteiger partial charge in [-0.05, 0) is 37.1 Å². The number of aryl methyl sites for hydroxylation is 1. The quantitative estimate of drug-likeness (QED) is 0.855. The van der Waals surface area contributed by atoms with Crippen LogP contribution in [-0.2, 0) is 0 Å². The maximum Gasteiger partial charge on any atom is 0.319 e. The minimum Gasteiger partial charge on any atom is -0.496 e. The van der Waals surface area contributed by atoms with Crippen LogP contribution in [0.25, 0.3) is 0 Å². The second kappa shape index (κ2) is 7.27. The van der Waals surface area contributed by atoms with E-state index >= 15 is 0 Å². The number of hydrogen-bond donors (Lipinski definition) is 2. The van der Waals surface area contributed by atoms with E-state index in [9.17, 15) is 4.79 Å². The zero-order valence-corrected chi connectivity index (χ0v) is 11.5. The van der Waals surface area contributed by atoms with E-state index in [2.05, 4.69) is 16.7 Å². The molecule has 5 nitrogen and oxygen atoms in total.